The van der Waals surface area contributed by atoms with Crippen molar-refractivity contribution in [3.05, 3.63) is 108 Å². The smallest absolute Gasteiger partial charge is 0.0922 e. The standard InChI is InChI=1S/C22H23NS/c1-2-21(23)24-22(18-12-6-3-7-13-18,19-14-8-4-9-15-19)20-16-10-5-11-17-20/h3-17,21H,2,23H2,1H3. The van der Waals surface area contributed by atoms with E-state index in [1.807, 2.05) is 11.8 Å². The van der Waals surface area contributed by atoms with E-state index in [-0.39, 0.29) is 10.1 Å². The van der Waals surface area contributed by atoms with E-state index in [4.69, 9.17) is 5.73 Å². The van der Waals surface area contributed by atoms with Crippen molar-refractivity contribution >= 4 is 11.8 Å². The summed E-state index contributed by atoms with van der Waals surface area (Å²) in [5.41, 5.74) is 10.2. The van der Waals surface area contributed by atoms with E-state index in [1.165, 1.54) is 16.7 Å². The number of hydrogen-bond acceptors (Lipinski definition) is 2. The van der Waals surface area contributed by atoms with E-state index in [0.29, 0.717) is 0 Å². The van der Waals surface area contributed by atoms with E-state index in [1.54, 1.807) is 0 Å². The Morgan fingerprint density at radius 2 is 1.04 bits per heavy atom. The molecule has 3 aromatic carbocycles. The lowest BCUT2D eigenvalue weighted by atomic mass is 9.84. The van der Waals surface area contributed by atoms with Crippen LogP contribution in [0.1, 0.15) is 30.0 Å². The summed E-state index contributed by atoms with van der Waals surface area (Å²) < 4.78 is -0.306. The van der Waals surface area contributed by atoms with E-state index >= 15 is 0 Å². The molecule has 2 heteroatoms. The molecule has 0 bridgehead atoms. The van der Waals surface area contributed by atoms with Gasteiger partial charge in [0.1, 0.15) is 0 Å². The van der Waals surface area contributed by atoms with Gasteiger partial charge < -0.3 is 5.73 Å². The Labute approximate surface area is 148 Å². The van der Waals surface area contributed by atoms with E-state index < -0.39 is 0 Å². The van der Waals surface area contributed by atoms with Crippen molar-refractivity contribution in [2.45, 2.75) is 23.5 Å². The van der Waals surface area contributed by atoms with Gasteiger partial charge in [0.25, 0.3) is 0 Å². The predicted molar refractivity (Wildman–Crippen MR) is 105 cm³/mol. The van der Waals surface area contributed by atoms with Crippen LogP contribution in [0, 0.1) is 0 Å². The van der Waals surface area contributed by atoms with Gasteiger partial charge in [0.05, 0.1) is 10.1 Å². The molecule has 0 aliphatic heterocycles. The Bertz CT molecular complexity index is 644. The van der Waals surface area contributed by atoms with E-state index in [0.717, 1.165) is 6.42 Å². The van der Waals surface area contributed by atoms with Crippen LogP contribution in [0.25, 0.3) is 0 Å². The highest BCUT2D eigenvalue weighted by Gasteiger charge is 2.38. The molecule has 0 fully saturated rings. The zero-order valence-corrected chi connectivity index (χ0v) is 14.7. The molecule has 1 nitrogen and oxygen atoms in total. The minimum Gasteiger partial charge on any atom is -0.319 e. The normalized spacial score (nSPS) is 12.8. The molecule has 3 aromatic rings. The molecule has 0 radical (unpaired) electrons. The van der Waals surface area contributed by atoms with Gasteiger partial charge in [-0.2, -0.15) is 0 Å². The molecule has 0 spiro atoms. The van der Waals surface area contributed by atoms with Gasteiger partial charge in [0, 0.05) is 0 Å². The molecule has 0 heterocycles. The SMILES string of the molecule is CCC(N)SC(c1ccccc1)(c1ccccc1)c1ccccc1. The molecule has 0 saturated heterocycles. The van der Waals surface area contributed by atoms with Crippen molar-refractivity contribution in [2.75, 3.05) is 0 Å². The van der Waals surface area contributed by atoms with Crippen LogP contribution in [0.2, 0.25) is 0 Å². The summed E-state index contributed by atoms with van der Waals surface area (Å²) in [4.78, 5) is 0. The molecule has 0 amide bonds. The number of nitrogens with two attached hydrogens (primary N) is 1. The molecule has 1 unspecified atom stereocenters. The highest BCUT2D eigenvalue weighted by molar-refractivity contribution is 8.01. The lowest BCUT2D eigenvalue weighted by Crippen LogP contribution is -2.31. The van der Waals surface area contributed by atoms with Gasteiger partial charge in [0.2, 0.25) is 0 Å². The lowest BCUT2D eigenvalue weighted by Gasteiger charge is -2.37. The van der Waals surface area contributed by atoms with Crippen molar-refractivity contribution in [2.24, 2.45) is 5.73 Å². The summed E-state index contributed by atoms with van der Waals surface area (Å²) in [6.45, 7) is 2.14. The van der Waals surface area contributed by atoms with Crippen LogP contribution in [0.4, 0.5) is 0 Å². The lowest BCUT2D eigenvalue weighted by molar-refractivity contribution is 0.826. The first kappa shape index (κ1) is 16.8. The minimum absolute atomic E-state index is 0.0608. The monoisotopic (exact) mass is 333 g/mol. The maximum Gasteiger partial charge on any atom is 0.0922 e. The third-order valence-electron chi connectivity index (χ3n) is 4.27. The van der Waals surface area contributed by atoms with Crippen molar-refractivity contribution in [1.29, 1.82) is 0 Å². The minimum atomic E-state index is -0.306. The quantitative estimate of drug-likeness (QED) is 0.482. The number of benzene rings is 3. The van der Waals surface area contributed by atoms with Gasteiger partial charge in [-0.25, -0.2) is 0 Å². The molecule has 24 heavy (non-hydrogen) atoms. The Hall–Kier alpha value is -2.03. The number of thioether (sulfide) groups is 1. The first-order valence-corrected chi connectivity index (χ1v) is 9.25. The number of hydrogen-bond donors (Lipinski definition) is 1. The van der Waals surface area contributed by atoms with Crippen LogP contribution in [0.5, 0.6) is 0 Å². The summed E-state index contributed by atoms with van der Waals surface area (Å²) in [5, 5.41) is 0.0608. The second-order valence-corrected chi connectivity index (χ2v) is 7.30. The van der Waals surface area contributed by atoms with Crippen LogP contribution in [0.15, 0.2) is 91.0 Å². The summed E-state index contributed by atoms with van der Waals surface area (Å²) in [5.74, 6) is 0. The molecule has 2 N–H and O–H groups in total. The van der Waals surface area contributed by atoms with Crippen LogP contribution in [0.3, 0.4) is 0 Å². The molecular formula is C22H23NS. The molecular weight excluding hydrogens is 310 g/mol. The Morgan fingerprint density at radius 1 is 0.708 bits per heavy atom. The van der Waals surface area contributed by atoms with Crippen molar-refractivity contribution in [1.82, 2.24) is 0 Å². The molecule has 0 aromatic heterocycles. The van der Waals surface area contributed by atoms with Gasteiger partial charge in [-0.3, -0.25) is 0 Å². The molecule has 122 valence electrons. The fraction of sp³-hybridized carbons (Fsp3) is 0.182. The van der Waals surface area contributed by atoms with Crippen LogP contribution in [-0.4, -0.2) is 5.37 Å². The van der Waals surface area contributed by atoms with Gasteiger partial charge in [0.15, 0.2) is 0 Å². The highest BCUT2D eigenvalue weighted by Crippen LogP contribution is 2.49. The van der Waals surface area contributed by atoms with Crippen LogP contribution >= 0.6 is 11.8 Å². The van der Waals surface area contributed by atoms with Crippen LogP contribution < -0.4 is 5.73 Å². The van der Waals surface area contributed by atoms with Crippen molar-refractivity contribution < 1.29 is 0 Å². The average molecular weight is 334 g/mol. The van der Waals surface area contributed by atoms with E-state index in [2.05, 4.69) is 97.9 Å². The predicted octanol–water partition coefficient (Wildman–Crippen LogP) is 5.41. The largest absolute Gasteiger partial charge is 0.319 e. The van der Waals surface area contributed by atoms with Crippen molar-refractivity contribution in [3.63, 3.8) is 0 Å². The summed E-state index contributed by atoms with van der Waals surface area (Å²) in [7, 11) is 0. The zero-order valence-electron chi connectivity index (χ0n) is 13.9. The summed E-state index contributed by atoms with van der Waals surface area (Å²) >= 11 is 1.83. The fourth-order valence-electron chi connectivity index (χ4n) is 3.03. The van der Waals surface area contributed by atoms with Crippen LogP contribution in [-0.2, 0) is 4.75 Å². The number of rotatable bonds is 6. The molecule has 3 rings (SSSR count). The average Bonchev–Trinajstić information content (AvgIpc) is 2.68. The fourth-order valence-corrected chi connectivity index (χ4v) is 4.47. The Morgan fingerprint density at radius 3 is 1.33 bits per heavy atom. The highest BCUT2D eigenvalue weighted by atomic mass is 32.2. The molecule has 1 atom stereocenters. The molecule has 0 saturated carbocycles. The maximum absolute atomic E-state index is 6.43. The van der Waals surface area contributed by atoms with Crippen molar-refractivity contribution in [3.8, 4) is 0 Å². The first-order chi connectivity index (χ1) is 11.8. The third kappa shape index (κ3) is 3.26. The summed E-state index contributed by atoms with van der Waals surface area (Å²) in [6, 6.07) is 32.0. The Balaban J connectivity index is 2.28. The molecule has 0 aliphatic rings. The second kappa shape index (κ2) is 7.69. The molecule has 0 aliphatic carbocycles. The maximum atomic E-state index is 6.43. The second-order valence-electron chi connectivity index (χ2n) is 5.84. The topological polar surface area (TPSA) is 26.0 Å². The van der Waals surface area contributed by atoms with Gasteiger partial charge >= 0.3 is 0 Å². The van der Waals surface area contributed by atoms with Gasteiger partial charge in [-0.05, 0) is 23.1 Å². The Kier molecular flexibility index (Phi) is 5.39. The zero-order chi connectivity index (χ0) is 16.8. The summed E-state index contributed by atoms with van der Waals surface area (Å²) in [6.07, 6.45) is 0.929. The third-order valence-corrected chi connectivity index (χ3v) is 5.97. The first-order valence-electron chi connectivity index (χ1n) is 8.37. The van der Waals surface area contributed by atoms with Gasteiger partial charge in [-0.1, -0.05) is 97.9 Å². The van der Waals surface area contributed by atoms with Gasteiger partial charge in [-0.15, -0.1) is 11.8 Å². The van der Waals surface area contributed by atoms with E-state index in [9.17, 15) is 0 Å².